The highest BCUT2D eigenvalue weighted by molar-refractivity contribution is 6.30. The van der Waals surface area contributed by atoms with E-state index in [9.17, 15) is 18.0 Å². The second-order valence-corrected chi connectivity index (χ2v) is 4.34. The Hall–Kier alpha value is -2.21. The van der Waals surface area contributed by atoms with Crippen molar-refractivity contribution in [2.45, 2.75) is 0 Å². The molecule has 3 nitrogen and oxygen atoms in total. The van der Waals surface area contributed by atoms with E-state index in [1.807, 2.05) is 5.32 Å². The van der Waals surface area contributed by atoms with Crippen LogP contribution in [0.3, 0.4) is 0 Å². The number of amides is 1. The molecule has 0 saturated heterocycles. The minimum Gasteiger partial charge on any atom is -0.397 e. The van der Waals surface area contributed by atoms with Gasteiger partial charge >= 0.3 is 0 Å². The van der Waals surface area contributed by atoms with Gasteiger partial charge in [-0.25, -0.2) is 13.2 Å². The van der Waals surface area contributed by atoms with Crippen molar-refractivity contribution in [3.63, 3.8) is 0 Å². The summed E-state index contributed by atoms with van der Waals surface area (Å²) < 4.78 is 40.1. The van der Waals surface area contributed by atoms with Crippen LogP contribution in [0.5, 0.6) is 0 Å². The Morgan fingerprint density at radius 1 is 1.10 bits per heavy atom. The summed E-state index contributed by atoms with van der Waals surface area (Å²) in [5, 5.41) is 2.14. The molecule has 0 aliphatic heterocycles. The molecule has 2 aromatic carbocycles. The van der Waals surface area contributed by atoms with Gasteiger partial charge in [0.15, 0.2) is 11.6 Å². The Labute approximate surface area is 117 Å². The van der Waals surface area contributed by atoms with E-state index in [4.69, 9.17) is 17.3 Å². The third-order valence-electron chi connectivity index (χ3n) is 2.54. The molecule has 1 amide bonds. The first-order chi connectivity index (χ1) is 9.40. The van der Waals surface area contributed by atoms with Gasteiger partial charge in [-0.15, -0.1) is 0 Å². The van der Waals surface area contributed by atoms with E-state index < -0.39 is 29.0 Å². The summed E-state index contributed by atoms with van der Waals surface area (Å²) in [6.07, 6.45) is 0. The molecule has 0 atom stereocenters. The number of benzene rings is 2. The molecular weight excluding hydrogens is 293 g/mol. The maximum atomic E-state index is 13.5. The van der Waals surface area contributed by atoms with Gasteiger partial charge < -0.3 is 11.1 Å². The van der Waals surface area contributed by atoms with E-state index in [1.165, 1.54) is 6.07 Å². The highest BCUT2D eigenvalue weighted by Gasteiger charge is 2.18. The summed E-state index contributed by atoms with van der Waals surface area (Å²) in [4.78, 5) is 11.8. The molecular formula is C13H8ClF3N2O. The van der Waals surface area contributed by atoms with Crippen molar-refractivity contribution in [1.29, 1.82) is 0 Å². The molecule has 104 valence electrons. The molecule has 0 heterocycles. The number of hydrogen-bond acceptors (Lipinski definition) is 2. The van der Waals surface area contributed by atoms with Crippen molar-refractivity contribution in [1.82, 2.24) is 0 Å². The standard InChI is InChI=1S/C13H8ClF3N2O/c14-6-1-2-7(9(16)5-6)13(20)19-12-10(18)4-3-8(15)11(12)17/h1-5H,18H2,(H,19,20). The lowest BCUT2D eigenvalue weighted by atomic mass is 10.2. The maximum Gasteiger partial charge on any atom is 0.258 e. The van der Waals surface area contributed by atoms with Crippen LogP contribution in [0.15, 0.2) is 30.3 Å². The molecule has 20 heavy (non-hydrogen) atoms. The lowest BCUT2D eigenvalue weighted by Gasteiger charge is -2.10. The van der Waals surface area contributed by atoms with Gasteiger partial charge in [0.1, 0.15) is 11.5 Å². The summed E-state index contributed by atoms with van der Waals surface area (Å²) in [7, 11) is 0. The Kier molecular flexibility index (Phi) is 3.85. The van der Waals surface area contributed by atoms with Crippen LogP contribution >= 0.6 is 11.6 Å². The van der Waals surface area contributed by atoms with Gasteiger partial charge in [-0.05, 0) is 30.3 Å². The van der Waals surface area contributed by atoms with Crippen LogP contribution in [0, 0.1) is 17.5 Å². The summed E-state index contributed by atoms with van der Waals surface area (Å²) in [6, 6.07) is 5.27. The molecule has 0 spiro atoms. The molecule has 0 unspecified atom stereocenters. The fourth-order valence-corrected chi connectivity index (χ4v) is 1.71. The van der Waals surface area contributed by atoms with Crippen molar-refractivity contribution in [3.05, 3.63) is 58.4 Å². The minimum absolute atomic E-state index is 0.107. The van der Waals surface area contributed by atoms with E-state index >= 15 is 0 Å². The van der Waals surface area contributed by atoms with Crippen molar-refractivity contribution in [2.75, 3.05) is 11.1 Å². The number of nitrogens with two attached hydrogens (primary N) is 1. The van der Waals surface area contributed by atoms with Gasteiger partial charge in [0.25, 0.3) is 5.91 Å². The highest BCUT2D eigenvalue weighted by atomic mass is 35.5. The summed E-state index contributed by atoms with van der Waals surface area (Å²) in [6.45, 7) is 0. The molecule has 3 N–H and O–H groups in total. The van der Waals surface area contributed by atoms with Gasteiger partial charge in [0.05, 0.1) is 11.3 Å². The maximum absolute atomic E-state index is 13.5. The monoisotopic (exact) mass is 300 g/mol. The fourth-order valence-electron chi connectivity index (χ4n) is 1.55. The van der Waals surface area contributed by atoms with Crippen molar-refractivity contribution >= 4 is 28.9 Å². The fraction of sp³-hybridized carbons (Fsp3) is 0. The number of carbonyl (C=O) groups is 1. The average molecular weight is 301 g/mol. The van der Waals surface area contributed by atoms with Crippen LogP contribution in [0.4, 0.5) is 24.5 Å². The first-order valence-electron chi connectivity index (χ1n) is 5.40. The lowest BCUT2D eigenvalue weighted by Crippen LogP contribution is -2.16. The van der Waals surface area contributed by atoms with Crippen LogP contribution in [0.2, 0.25) is 5.02 Å². The predicted octanol–water partition coefficient (Wildman–Crippen LogP) is 3.59. The zero-order valence-corrected chi connectivity index (χ0v) is 10.6. The zero-order chi connectivity index (χ0) is 14.9. The average Bonchev–Trinajstić information content (AvgIpc) is 2.39. The number of hydrogen-bond donors (Lipinski definition) is 2. The van der Waals surface area contributed by atoms with E-state index in [1.54, 1.807) is 0 Å². The topological polar surface area (TPSA) is 55.1 Å². The number of carbonyl (C=O) groups excluding carboxylic acids is 1. The van der Waals surface area contributed by atoms with Crippen LogP contribution < -0.4 is 11.1 Å². The summed E-state index contributed by atoms with van der Waals surface area (Å²) in [5.74, 6) is -4.33. The molecule has 0 aliphatic rings. The van der Waals surface area contributed by atoms with Gasteiger partial charge in [0, 0.05) is 5.02 Å². The Bertz CT molecular complexity index is 692. The van der Waals surface area contributed by atoms with Gasteiger partial charge in [-0.2, -0.15) is 0 Å². The van der Waals surface area contributed by atoms with E-state index in [2.05, 4.69) is 0 Å². The molecule has 2 aromatic rings. The Morgan fingerprint density at radius 2 is 1.80 bits per heavy atom. The summed E-state index contributed by atoms with van der Waals surface area (Å²) in [5.41, 5.74) is 4.37. The first kappa shape index (κ1) is 14.2. The van der Waals surface area contributed by atoms with Crippen LogP contribution in [0.25, 0.3) is 0 Å². The zero-order valence-electron chi connectivity index (χ0n) is 9.88. The van der Waals surface area contributed by atoms with Crippen molar-refractivity contribution < 1.29 is 18.0 Å². The van der Waals surface area contributed by atoms with Gasteiger partial charge in [0.2, 0.25) is 0 Å². The van der Waals surface area contributed by atoms with Crippen LogP contribution in [-0.4, -0.2) is 5.91 Å². The smallest absolute Gasteiger partial charge is 0.258 e. The number of nitrogens with one attached hydrogen (secondary N) is 1. The second kappa shape index (κ2) is 5.42. The summed E-state index contributed by atoms with van der Waals surface area (Å²) >= 11 is 5.55. The molecule has 2 rings (SSSR count). The molecule has 0 bridgehead atoms. The van der Waals surface area contributed by atoms with Gasteiger partial charge in [-0.1, -0.05) is 11.6 Å². The van der Waals surface area contributed by atoms with Crippen molar-refractivity contribution in [3.8, 4) is 0 Å². The van der Waals surface area contributed by atoms with Gasteiger partial charge in [-0.3, -0.25) is 4.79 Å². The third-order valence-corrected chi connectivity index (χ3v) is 2.78. The molecule has 0 aliphatic carbocycles. The Morgan fingerprint density at radius 3 is 2.45 bits per heavy atom. The Balaban J connectivity index is 2.35. The first-order valence-corrected chi connectivity index (χ1v) is 5.78. The van der Waals surface area contributed by atoms with E-state index in [0.29, 0.717) is 0 Å². The SMILES string of the molecule is Nc1ccc(F)c(F)c1NC(=O)c1ccc(Cl)cc1F. The minimum atomic E-state index is -1.31. The normalized spacial score (nSPS) is 10.4. The molecule has 7 heteroatoms. The van der Waals surface area contributed by atoms with E-state index in [0.717, 1.165) is 24.3 Å². The number of anilines is 2. The second-order valence-electron chi connectivity index (χ2n) is 3.90. The number of nitrogen functional groups attached to an aromatic ring is 1. The molecule has 0 aromatic heterocycles. The molecule has 0 fully saturated rings. The van der Waals surface area contributed by atoms with Crippen LogP contribution in [-0.2, 0) is 0 Å². The largest absolute Gasteiger partial charge is 0.397 e. The van der Waals surface area contributed by atoms with Crippen molar-refractivity contribution in [2.24, 2.45) is 0 Å². The highest BCUT2D eigenvalue weighted by Crippen LogP contribution is 2.25. The quantitative estimate of drug-likeness (QED) is 0.833. The lowest BCUT2D eigenvalue weighted by molar-refractivity contribution is 0.102. The molecule has 0 radical (unpaired) electrons. The van der Waals surface area contributed by atoms with E-state index in [-0.39, 0.29) is 16.3 Å². The number of rotatable bonds is 2. The predicted molar refractivity (Wildman–Crippen MR) is 70.1 cm³/mol. The molecule has 0 saturated carbocycles. The van der Waals surface area contributed by atoms with Crippen LogP contribution in [0.1, 0.15) is 10.4 Å². The number of halogens is 4. The third kappa shape index (κ3) is 2.70.